The maximum Gasteiger partial charge on any atom is 0.188 e. The lowest BCUT2D eigenvalue weighted by Crippen LogP contribution is -2.25. The number of nitrogens with zero attached hydrogens (tertiary/aromatic N) is 2. The highest BCUT2D eigenvalue weighted by atomic mass is 31.2. The zero-order valence-corrected chi connectivity index (χ0v) is 32.5. The molecule has 57 heavy (non-hydrogen) atoms. The van der Waals surface area contributed by atoms with Crippen LogP contribution in [0.4, 0.5) is 5.69 Å². The first kappa shape index (κ1) is 34.6. The molecule has 0 N–H and O–H groups in total. The van der Waals surface area contributed by atoms with Gasteiger partial charge in [0.05, 0.1) is 17.6 Å². The highest BCUT2D eigenvalue weighted by Gasteiger charge is 2.35. The van der Waals surface area contributed by atoms with E-state index in [1.54, 1.807) is 0 Å². The Bertz CT molecular complexity index is 3050. The minimum absolute atomic E-state index is 0.358. The minimum atomic E-state index is -3.07. The van der Waals surface area contributed by atoms with Gasteiger partial charge in [-0.3, -0.25) is 0 Å². The number of para-hydroxylation sites is 1. The van der Waals surface area contributed by atoms with Crippen molar-refractivity contribution in [3.63, 3.8) is 0 Å². The summed E-state index contributed by atoms with van der Waals surface area (Å²) in [6, 6.07) is 63.7. The summed E-state index contributed by atoms with van der Waals surface area (Å²) < 4.78 is 23.8. The van der Waals surface area contributed by atoms with Crippen LogP contribution >= 0.6 is 7.14 Å². The van der Waals surface area contributed by atoms with E-state index in [-0.39, 0.29) is 5.41 Å². The Labute approximate surface area is 332 Å². The van der Waals surface area contributed by atoms with Crippen LogP contribution in [0.15, 0.2) is 188 Å². The molecule has 0 spiro atoms. The first-order chi connectivity index (χ1) is 27.8. The monoisotopic (exact) mass is 752 g/mol. The van der Waals surface area contributed by atoms with Gasteiger partial charge in [0.1, 0.15) is 11.5 Å². The van der Waals surface area contributed by atoms with Crippen LogP contribution in [0.25, 0.3) is 54.6 Å². The third-order valence-electron chi connectivity index (χ3n) is 11.6. The van der Waals surface area contributed by atoms with Gasteiger partial charge in [-0.1, -0.05) is 141 Å². The van der Waals surface area contributed by atoms with Crippen molar-refractivity contribution in [2.75, 3.05) is 0 Å². The van der Waals surface area contributed by atoms with Gasteiger partial charge in [-0.2, -0.15) is 0 Å². The van der Waals surface area contributed by atoms with Crippen LogP contribution in [0, 0.1) is 6.57 Å². The van der Waals surface area contributed by atoms with Gasteiger partial charge in [0.2, 0.25) is 0 Å². The molecule has 2 heterocycles. The number of ether oxygens (including phenoxy) is 1. The van der Waals surface area contributed by atoms with Crippen molar-refractivity contribution >= 4 is 50.5 Å². The number of benzene rings is 8. The maximum absolute atomic E-state index is 15.0. The maximum atomic E-state index is 15.0. The van der Waals surface area contributed by atoms with E-state index in [0.29, 0.717) is 5.69 Å². The molecule has 1 aliphatic heterocycles. The Kier molecular flexibility index (Phi) is 8.11. The molecule has 5 heteroatoms. The van der Waals surface area contributed by atoms with Gasteiger partial charge < -0.3 is 13.9 Å². The van der Waals surface area contributed by atoms with Crippen molar-refractivity contribution in [2.45, 2.75) is 19.3 Å². The molecule has 4 nitrogen and oxygen atoms in total. The van der Waals surface area contributed by atoms with Gasteiger partial charge >= 0.3 is 0 Å². The predicted molar refractivity (Wildman–Crippen MR) is 236 cm³/mol. The molecule has 0 aliphatic carbocycles. The topological polar surface area (TPSA) is 35.6 Å². The summed E-state index contributed by atoms with van der Waals surface area (Å²) in [5, 5.41) is 4.62. The first-order valence-electron chi connectivity index (χ1n) is 19.1. The molecule has 0 saturated heterocycles. The van der Waals surface area contributed by atoms with Gasteiger partial charge in [-0.25, -0.2) is 4.85 Å². The van der Waals surface area contributed by atoms with Crippen molar-refractivity contribution in [1.29, 1.82) is 0 Å². The molecular weight excluding hydrogens is 716 g/mol. The van der Waals surface area contributed by atoms with Crippen molar-refractivity contribution in [1.82, 2.24) is 4.57 Å². The molecule has 0 unspecified atom stereocenters. The van der Waals surface area contributed by atoms with E-state index in [0.717, 1.165) is 88.3 Å². The van der Waals surface area contributed by atoms with Crippen LogP contribution in [0.1, 0.15) is 25.0 Å². The van der Waals surface area contributed by atoms with Gasteiger partial charge in [-0.05, 0) is 88.3 Å². The summed E-state index contributed by atoms with van der Waals surface area (Å²) >= 11 is 0. The lowest BCUT2D eigenvalue weighted by molar-refractivity contribution is 0.418. The Hall–Kier alpha value is -6.92. The fourth-order valence-corrected chi connectivity index (χ4v) is 11.2. The fraction of sp³-hybridized carbons (Fsp3) is 0.0577. The van der Waals surface area contributed by atoms with E-state index in [2.05, 4.69) is 120 Å². The van der Waals surface area contributed by atoms with Crippen LogP contribution in [-0.2, 0) is 9.98 Å². The molecule has 0 saturated carbocycles. The fourth-order valence-electron chi connectivity index (χ4n) is 8.54. The number of aromatic nitrogens is 1. The summed E-state index contributed by atoms with van der Waals surface area (Å²) in [6.07, 6.45) is 0. The Morgan fingerprint density at radius 1 is 0.509 bits per heavy atom. The second kappa shape index (κ2) is 13.4. The molecule has 1 aliphatic rings. The van der Waals surface area contributed by atoms with Gasteiger partial charge in [0.25, 0.3) is 0 Å². The van der Waals surface area contributed by atoms with E-state index in [4.69, 9.17) is 11.3 Å². The molecule has 0 amide bonds. The third-order valence-corrected chi connectivity index (χ3v) is 14.6. The van der Waals surface area contributed by atoms with E-state index in [1.165, 1.54) is 0 Å². The quantitative estimate of drug-likeness (QED) is 0.125. The summed E-state index contributed by atoms with van der Waals surface area (Å²) in [4.78, 5) is 3.75. The number of fused-ring (bicyclic) bond motifs is 5. The average Bonchev–Trinajstić information content (AvgIpc) is 3.60. The minimum Gasteiger partial charge on any atom is -0.457 e. The molecular formula is C52H37N2O2P. The Morgan fingerprint density at radius 3 is 1.54 bits per heavy atom. The Morgan fingerprint density at radius 2 is 0.965 bits per heavy atom. The molecule has 0 fully saturated rings. The van der Waals surface area contributed by atoms with Crippen molar-refractivity contribution < 1.29 is 9.30 Å². The molecule has 0 radical (unpaired) electrons. The summed E-state index contributed by atoms with van der Waals surface area (Å²) in [7, 11) is -3.07. The van der Waals surface area contributed by atoms with Crippen LogP contribution in [0.3, 0.4) is 0 Å². The van der Waals surface area contributed by atoms with E-state index in [9.17, 15) is 4.57 Å². The van der Waals surface area contributed by atoms with E-state index in [1.807, 2.05) is 91.0 Å². The van der Waals surface area contributed by atoms with Crippen LogP contribution in [-0.4, -0.2) is 4.57 Å². The lowest BCUT2D eigenvalue weighted by atomic mass is 9.74. The predicted octanol–water partition coefficient (Wildman–Crippen LogP) is 12.7. The smallest absolute Gasteiger partial charge is 0.188 e. The molecule has 1 aromatic heterocycles. The molecule has 8 aromatic carbocycles. The Balaban J connectivity index is 1.02. The van der Waals surface area contributed by atoms with E-state index < -0.39 is 7.14 Å². The largest absolute Gasteiger partial charge is 0.457 e. The standard InChI is InChI=1S/C52H37N2O2P/c1-52(2)46-32-37(35-19-25-43(26-20-35)57(55,41-15-9-5-10-16-41)42-17-11-6-12-18-42)22-29-50(46)56-51-30-23-38(33-47(51)52)36-21-27-48-44(31-36)45-34-39(53-3)24-28-49(45)54(48)40-13-7-4-8-14-40/h4-34H,1-2H3. The first-order valence-corrected chi connectivity index (χ1v) is 20.8. The van der Waals surface area contributed by atoms with Crippen LogP contribution < -0.4 is 20.7 Å². The van der Waals surface area contributed by atoms with Gasteiger partial charge in [0, 0.05) is 43.5 Å². The molecule has 0 bridgehead atoms. The van der Waals surface area contributed by atoms with Crippen molar-refractivity contribution in [2.24, 2.45) is 0 Å². The second-order valence-electron chi connectivity index (χ2n) is 15.2. The van der Waals surface area contributed by atoms with Gasteiger partial charge in [-0.15, -0.1) is 0 Å². The molecule has 272 valence electrons. The normalized spacial score (nSPS) is 13.1. The van der Waals surface area contributed by atoms with Crippen molar-refractivity contribution in [3.8, 4) is 39.4 Å². The zero-order chi connectivity index (χ0) is 38.7. The lowest BCUT2D eigenvalue weighted by Gasteiger charge is -2.35. The molecule has 0 atom stereocenters. The zero-order valence-electron chi connectivity index (χ0n) is 31.6. The van der Waals surface area contributed by atoms with Crippen LogP contribution in [0.2, 0.25) is 0 Å². The number of hydrogen-bond acceptors (Lipinski definition) is 2. The van der Waals surface area contributed by atoms with Crippen molar-refractivity contribution in [3.05, 3.63) is 211 Å². The summed E-state index contributed by atoms with van der Waals surface area (Å²) in [6.45, 7) is 12.2. The van der Waals surface area contributed by atoms with Gasteiger partial charge in [0.15, 0.2) is 12.8 Å². The van der Waals surface area contributed by atoms with Crippen LogP contribution in [0.5, 0.6) is 11.5 Å². The number of rotatable bonds is 6. The summed E-state index contributed by atoms with van der Waals surface area (Å²) in [5.41, 5.74) is 10.1. The van der Waals surface area contributed by atoms with E-state index >= 15 is 0 Å². The highest BCUT2D eigenvalue weighted by molar-refractivity contribution is 7.85. The second-order valence-corrected chi connectivity index (χ2v) is 18.0. The average molecular weight is 753 g/mol. The molecule has 10 rings (SSSR count). The molecule has 9 aromatic rings. The number of hydrogen-bond donors (Lipinski definition) is 0. The SMILES string of the molecule is [C-]#[N+]c1ccc2c(c1)c1cc(-c3ccc4c(c3)C(C)(C)c3cc(-c5ccc(P(=O)(c6ccccc6)c6ccccc6)cc5)ccc3O4)ccc1n2-c1ccccc1. The third kappa shape index (κ3) is 5.62. The summed E-state index contributed by atoms with van der Waals surface area (Å²) in [5.74, 6) is 1.71. The highest BCUT2D eigenvalue weighted by Crippen LogP contribution is 2.50.